The van der Waals surface area contributed by atoms with Crippen molar-refractivity contribution < 1.29 is 33.7 Å². The van der Waals surface area contributed by atoms with Crippen LogP contribution in [0.1, 0.15) is 45.2 Å². The molecule has 2 N–H and O–H groups in total. The topological polar surface area (TPSA) is 96.3 Å². The predicted octanol–water partition coefficient (Wildman–Crippen LogP) is 5.93. The van der Waals surface area contributed by atoms with Gasteiger partial charge >= 0.3 is 5.97 Å². The lowest BCUT2D eigenvalue weighted by Crippen LogP contribution is -2.64. The van der Waals surface area contributed by atoms with Crippen LogP contribution in [0.4, 0.5) is 4.39 Å². The Labute approximate surface area is 227 Å². The number of hydrogen-bond acceptors (Lipinski definition) is 5. The highest BCUT2D eigenvalue weighted by Crippen LogP contribution is 2.33. The zero-order chi connectivity index (χ0) is 28.4. The van der Waals surface area contributed by atoms with Crippen LogP contribution in [-0.4, -0.2) is 45.7 Å². The first kappa shape index (κ1) is 28.1. The average molecular weight is 536 g/mol. The van der Waals surface area contributed by atoms with Crippen LogP contribution in [0.15, 0.2) is 66.7 Å². The van der Waals surface area contributed by atoms with Crippen LogP contribution in [0.5, 0.6) is 23.0 Å². The number of rotatable bonds is 10. The molecule has 1 fully saturated rings. The molecule has 0 aliphatic carbocycles. The lowest BCUT2D eigenvalue weighted by molar-refractivity contribution is -0.157. The molecule has 0 spiro atoms. The van der Waals surface area contributed by atoms with Crippen molar-refractivity contribution in [3.63, 3.8) is 0 Å². The molecule has 1 aliphatic rings. The average Bonchev–Trinajstić information content (AvgIpc) is 2.83. The molecule has 206 valence electrons. The Morgan fingerprint density at radius 2 is 1.44 bits per heavy atom. The number of carboxylic acid groups (broad SMARTS) is 1. The highest BCUT2D eigenvalue weighted by molar-refractivity contribution is 5.81. The molecular weight excluding hydrogens is 501 g/mol. The summed E-state index contributed by atoms with van der Waals surface area (Å²) in [5.41, 5.74) is -0.605. The van der Waals surface area contributed by atoms with Gasteiger partial charge in [0.15, 0.2) is 0 Å². The van der Waals surface area contributed by atoms with Crippen molar-refractivity contribution in [1.82, 2.24) is 4.90 Å². The van der Waals surface area contributed by atoms with Gasteiger partial charge in [-0.05, 0) is 85.8 Å². The third-order valence-electron chi connectivity index (χ3n) is 6.80. The van der Waals surface area contributed by atoms with E-state index in [1.54, 1.807) is 61.2 Å². The van der Waals surface area contributed by atoms with Gasteiger partial charge in [0.25, 0.3) is 0 Å². The summed E-state index contributed by atoms with van der Waals surface area (Å²) in [5.74, 6) is 0.636. The highest BCUT2D eigenvalue weighted by atomic mass is 19.1. The molecular formula is C31H34FNO6. The molecule has 0 atom stereocenters. The first-order valence-electron chi connectivity index (χ1n) is 12.9. The summed E-state index contributed by atoms with van der Waals surface area (Å²) in [7, 11) is 0. The lowest BCUT2D eigenvalue weighted by atomic mass is 9.85. The summed E-state index contributed by atoms with van der Waals surface area (Å²) in [6, 6.07) is 17.5. The van der Waals surface area contributed by atoms with E-state index in [-0.39, 0.29) is 18.1 Å². The highest BCUT2D eigenvalue weighted by Gasteiger charge is 2.43. The molecule has 0 bridgehead atoms. The second kappa shape index (κ2) is 11.1. The summed E-state index contributed by atoms with van der Waals surface area (Å²) in [6.45, 7) is 7.95. The van der Waals surface area contributed by atoms with Gasteiger partial charge in [-0.3, -0.25) is 9.59 Å². The Hall–Kier alpha value is -3.91. The summed E-state index contributed by atoms with van der Waals surface area (Å²) >= 11 is 0. The summed E-state index contributed by atoms with van der Waals surface area (Å²) < 4.78 is 25.3. The maximum absolute atomic E-state index is 13.4. The van der Waals surface area contributed by atoms with Crippen LogP contribution in [0.2, 0.25) is 0 Å². The van der Waals surface area contributed by atoms with E-state index in [2.05, 4.69) is 0 Å². The lowest BCUT2D eigenvalue weighted by Gasteiger charge is -2.47. The second-order valence-electron chi connectivity index (χ2n) is 11.2. The molecule has 8 heteroatoms. The van der Waals surface area contributed by atoms with Crippen LogP contribution in [0.25, 0.3) is 0 Å². The summed E-state index contributed by atoms with van der Waals surface area (Å²) in [5, 5.41) is 20.1. The fourth-order valence-corrected chi connectivity index (χ4v) is 4.70. The maximum atomic E-state index is 13.4. The van der Waals surface area contributed by atoms with Gasteiger partial charge < -0.3 is 24.6 Å². The number of carboxylic acids is 1. The smallest absolute Gasteiger partial charge is 0.313 e. The van der Waals surface area contributed by atoms with E-state index in [0.29, 0.717) is 59.6 Å². The number of nitrogens with zero attached hydrogens (tertiary/aromatic N) is 1. The summed E-state index contributed by atoms with van der Waals surface area (Å²) in [6.07, 6.45) is 0.721. The molecule has 1 saturated heterocycles. The normalized spacial score (nSPS) is 14.6. The number of aliphatic carboxylic acids is 1. The third kappa shape index (κ3) is 6.95. The number of aliphatic hydroxyl groups is 1. The van der Waals surface area contributed by atoms with Gasteiger partial charge in [0.1, 0.15) is 28.8 Å². The van der Waals surface area contributed by atoms with Crippen LogP contribution in [0.3, 0.4) is 0 Å². The third-order valence-corrected chi connectivity index (χ3v) is 6.80. The van der Waals surface area contributed by atoms with Gasteiger partial charge in [0, 0.05) is 6.07 Å². The molecule has 1 heterocycles. The molecule has 1 aliphatic heterocycles. The molecule has 1 amide bonds. The van der Waals surface area contributed by atoms with E-state index in [1.165, 1.54) is 24.3 Å². The Balaban J connectivity index is 1.54. The quantitative estimate of drug-likeness (QED) is 0.334. The van der Waals surface area contributed by atoms with Crippen LogP contribution in [-0.2, 0) is 21.4 Å². The SMILES string of the molecule is CC(C)CC1(O)CN(C(=O)Cc2cc(Oc3ccc(F)cc3)cc(Oc3ccc(C(C)(C)C(=O)O)cc3)c2)C1. The molecule has 0 saturated carbocycles. The molecule has 0 radical (unpaired) electrons. The minimum absolute atomic E-state index is 0.0838. The molecule has 3 aromatic rings. The molecule has 39 heavy (non-hydrogen) atoms. The monoisotopic (exact) mass is 535 g/mol. The van der Waals surface area contributed by atoms with E-state index in [0.717, 1.165) is 0 Å². The Morgan fingerprint density at radius 3 is 1.92 bits per heavy atom. The Kier molecular flexibility index (Phi) is 7.97. The first-order valence-corrected chi connectivity index (χ1v) is 12.9. The van der Waals surface area contributed by atoms with Gasteiger partial charge in [0.05, 0.1) is 30.5 Å². The number of carbonyl (C=O) groups is 2. The van der Waals surface area contributed by atoms with Gasteiger partial charge in [-0.25, -0.2) is 4.39 Å². The van der Waals surface area contributed by atoms with Crippen molar-refractivity contribution in [3.8, 4) is 23.0 Å². The zero-order valence-electron chi connectivity index (χ0n) is 22.6. The Morgan fingerprint density at radius 1 is 0.923 bits per heavy atom. The van der Waals surface area contributed by atoms with Crippen molar-refractivity contribution in [2.24, 2.45) is 5.92 Å². The number of carbonyl (C=O) groups excluding carboxylic acids is 1. The first-order chi connectivity index (χ1) is 18.3. The van der Waals surface area contributed by atoms with Crippen LogP contribution < -0.4 is 9.47 Å². The fraction of sp³-hybridized carbons (Fsp3) is 0.355. The number of amides is 1. The molecule has 4 rings (SSSR count). The molecule has 3 aromatic carbocycles. The standard InChI is InChI=1S/C31H34FNO6/c1-20(2)17-31(37)18-33(19-31)28(34)15-21-13-26(16-27(14-21)39-25-11-7-23(32)8-12-25)38-24-9-5-22(6-10-24)30(3,4)29(35)36/h5-14,16,20,37H,15,17-19H2,1-4H3,(H,35,36). The minimum atomic E-state index is -1.05. The van der Waals surface area contributed by atoms with E-state index < -0.39 is 17.0 Å². The van der Waals surface area contributed by atoms with Crippen molar-refractivity contribution in [3.05, 3.63) is 83.7 Å². The van der Waals surface area contributed by atoms with E-state index in [1.807, 2.05) is 13.8 Å². The van der Waals surface area contributed by atoms with Crippen LogP contribution >= 0.6 is 0 Å². The van der Waals surface area contributed by atoms with Crippen molar-refractivity contribution in [2.75, 3.05) is 13.1 Å². The Bertz CT molecular complexity index is 1330. The molecule has 7 nitrogen and oxygen atoms in total. The van der Waals surface area contributed by atoms with Crippen molar-refractivity contribution in [2.45, 2.75) is 51.6 Å². The molecule has 0 unspecified atom stereocenters. The number of ether oxygens (including phenoxy) is 2. The number of β-amino-alcohol motifs (C(OH)–C–C–N with tert-alkyl or cyclic N) is 1. The predicted molar refractivity (Wildman–Crippen MR) is 145 cm³/mol. The number of hydrogen-bond donors (Lipinski definition) is 2. The van der Waals surface area contributed by atoms with Gasteiger partial charge in [0.2, 0.25) is 5.91 Å². The second-order valence-corrected chi connectivity index (χ2v) is 11.2. The number of benzene rings is 3. The maximum Gasteiger partial charge on any atom is 0.313 e. The van der Waals surface area contributed by atoms with Gasteiger partial charge in [-0.1, -0.05) is 26.0 Å². The van der Waals surface area contributed by atoms with Crippen molar-refractivity contribution >= 4 is 11.9 Å². The van der Waals surface area contributed by atoms with E-state index in [9.17, 15) is 24.2 Å². The molecule has 0 aromatic heterocycles. The zero-order valence-corrected chi connectivity index (χ0v) is 22.6. The summed E-state index contributed by atoms with van der Waals surface area (Å²) in [4.78, 5) is 26.2. The van der Waals surface area contributed by atoms with Crippen molar-refractivity contribution in [1.29, 1.82) is 0 Å². The van der Waals surface area contributed by atoms with Gasteiger partial charge in [-0.2, -0.15) is 0 Å². The largest absolute Gasteiger partial charge is 0.481 e. The van der Waals surface area contributed by atoms with E-state index in [4.69, 9.17) is 9.47 Å². The fourth-order valence-electron chi connectivity index (χ4n) is 4.70. The number of likely N-dealkylation sites (tertiary alicyclic amines) is 1. The van der Waals surface area contributed by atoms with E-state index >= 15 is 0 Å². The van der Waals surface area contributed by atoms with Gasteiger partial charge in [-0.15, -0.1) is 0 Å². The number of halogens is 1. The van der Waals surface area contributed by atoms with Crippen LogP contribution in [0, 0.1) is 11.7 Å². The minimum Gasteiger partial charge on any atom is -0.481 e.